The number of rotatable bonds is 9. The van der Waals surface area contributed by atoms with Gasteiger partial charge in [-0.25, -0.2) is 13.8 Å². The van der Waals surface area contributed by atoms with E-state index >= 15 is 0 Å². The molecule has 33 heavy (non-hydrogen) atoms. The molecule has 0 aliphatic carbocycles. The van der Waals surface area contributed by atoms with E-state index < -0.39 is 22.5 Å². The Bertz CT molecular complexity index is 1250. The first kappa shape index (κ1) is 23.5. The summed E-state index contributed by atoms with van der Waals surface area (Å²) in [5.74, 6) is -0.0249. The van der Waals surface area contributed by atoms with Crippen LogP contribution in [0.1, 0.15) is 18.1 Å². The molecule has 1 N–H and O–H groups in total. The number of sulfonamides is 1. The van der Waals surface area contributed by atoms with E-state index in [2.05, 4.69) is 10.5 Å². The molecule has 3 rings (SSSR count). The van der Waals surface area contributed by atoms with Crippen molar-refractivity contribution >= 4 is 27.8 Å². The molecule has 3 aromatic rings. The molecule has 0 atom stereocenters. The van der Waals surface area contributed by atoms with Gasteiger partial charge in [0, 0.05) is 0 Å². The first-order chi connectivity index (χ1) is 15.9. The van der Waals surface area contributed by atoms with Crippen LogP contribution in [0.3, 0.4) is 0 Å². The Morgan fingerprint density at radius 3 is 2.33 bits per heavy atom. The van der Waals surface area contributed by atoms with Gasteiger partial charge in [0.15, 0.2) is 0 Å². The van der Waals surface area contributed by atoms with Crippen molar-refractivity contribution in [2.24, 2.45) is 5.10 Å². The van der Waals surface area contributed by atoms with Gasteiger partial charge in [-0.15, -0.1) is 0 Å². The molecule has 0 aliphatic rings. The minimum absolute atomic E-state index is 0.0627. The molecule has 0 spiro atoms. The Morgan fingerprint density at radius 1 is 1.06 bits per heavy atom. The highest BCUT2D eigenvalue weighted by molar-refractivity contribution is 7.92. The first-order valence-corrected chi connectivity index (χ1v) is 11.5. The van der Waals surface area contributed by atoms with Crippen LogP contribution in [-0.4, -0.2) is 33.7 Å². The van der Waals surface area contributed by atoms with Crippen molar-refractivity contribution in [2.45, 2.75) is 11.8 Å². The van der Waals surface area contributed by atoms with Gasteiger partial charge in [0.2, 0.25) is 0 Å². The van der Waals surface area contributed by atoms with E-state index in [1.54, 1.807) is 66.7 Å². The van der Waals surface area contributed by atoms with Crippen LogP contribution < -0.4 is 14.5 Å². The molecule has 0 aromatic heterocycles. The number of nitrogens with one attached hydrogen (secondary N) is 1. The van der Waals surface area contributed by atoms with Gasteiger partial charge >= 0.3 is 0 Å². The minimum Gasteiger partial charge on any atom is -0.494 e. The molecule has 0 unspecified atom stereocenters. The molecule has 168 valence electrons. The molecule has 0 fully saturated rings. The number of benzene rings is 3. The van der Waals surface area contributed by atoms with Gasteiger partial charge in [0.1, 0.15) is 12.3 Å². The second-order valence-corrected chi connectivity index (χ2v) is 8.64. The second-order valence-electron chi connectivity index (χ2n) is 6.78. The van der Waals surface area contributed by atoms with Crippen molar-refractivity contribution in [2.75, 3.05) is 17.5 Å². The van der Waals surface area contributed by atoms with Gasteiger partial charge < -0.3 is 4.74 Å². The number of nitriles is 1. The van der Waals surface area contributed by atoms with Crippen molar-refractivity contribution < 1.29 is 17.9 Å². The summed E-state index contributed by atoms with van der Waals surface area (Å²) in [6.45, 7) is 1.85. The highest BCUT2D eigenvalue weighted by atomic mass is 32.2. The van der Waals surface area contributed by atoms with Crippen molar-refractivity contribution in [1.29, 1.82) is 5.26 Å². The lowest BCUT2D eigenvalue weighted by atomic mass is 10.2. The zero-order valence-corrected chi connectivity index (χ0v) is 18.7. The lowest BCUT2D eigenvalue weighted by Gasteiger charge is -2.24. The van der Waals surface area contributed by atoms with Gasteiger partial charge in [0.25, 0.3) is 15.9 Å². The van der Waals surface area contributed by atoms with Crippen LogP contribution in [0.2, 0.25) is 0 Å². The summed E-state index contributed by atoms with van der Waals surface area (Å²) >= 11 is 0. The molecule has 0 saturated heterocycles. The molecule has 0 radical (unpaired) electrons. The summed E-state index contributed by atoms with van der Waals surface area (Å²) in [5.41, 5.74) is 3.85. The maximum atomic E-state index is 13.3. The normalized spacial score (nSPS) is 11.0. The molecule has 9 heteroatoms. The maximum Gasteiger partial charge on any atom is 0.264 e. The Kier molecular flexibility index (Phi) is 7.78. The molecule has 1 amide bonds. The van der Waals surface area contributed by atoms with Crippen LogP contribution in [0.25, 0.3) is 0 Å². The quantitative estimate of drug-likeness (QED) is 0.387. The average Bonchev–Trinajstić information content (AvgIpc) is 2.84. The van der Waals surface area contributed by atoms with E-state index in [1.807, 2.05) is 13.0 Å². The standard InChI is InChI=1S/C24H22N4O4S/c1-2-32-22-14-12-21(13-15-22)28(33(30,31)23-6-4-3-5-7-23)18-24(29)27-26-17-20-10-8-19(16-25)9-11-20/h3-15,17H,2,18H2,1H3,(H,27,29). The topological polar surface area (TPSA) is 112 Å². The summed E-state index contributed by atoms with van der Waals surface area (Å²) in [5, 5.41) is 12.7. The Hall–Kier alpha value is -4.16. The van der Waals surface area contributed by atoms with Crippen molar-refractivity contribution in [3.05, 3.63) is 90.0 Å². The van der Waals surface area contributed by atoms with E-state index in [4.69, 9.17) is 10.00 Å². The third kappa shape index (κ3) is 6.18. The van der Waals surface area contributed by atoms with E-state index in [9.17, 15) is 13.2 Å². The van der Waals surface area contributed by atoms with Crippen LogP contribution in [0.15, 0.2) is 88.9 Å². The number of anilines is 1. The third-order valence-corrected chi connectivity index (χ3v) is 6.28. The molecule has 8 nitrogen and oxygen atoms in total. The van der Waals surface area contributed by atoms with Gasteiger partial charge in [-0.2, -0.15) is 10.4 Å². The van der Waals surface area contributed by atoms with Crippen LogP contribution in [-0.2, 0) is 14.8 Å². The highest BCUT2D eigenvalue weighted by Gasteiger charge is 2.27. The van der Waals surface area contributed by atoms with E-state index in [-0.39, 0.29) is 4.90 Å². The van der Waals surface area contributed by atoms with Crippen molar-refractivity contribution in [1.82, 2.24) is 5.43 Å². The van der Waals surface area contributed by atoms with Gasteiger partial charge in [-0.05, 0) is 61.0 Å². The number of hydrogen-bond donors (Lipinski definition) is 1. The Balaban J connectivity index is 1.80. The number of amides is 1. The fourth-order valence-electron chi connectivity index (χ4n) is 2.90. The third-order valence-electron chi connectivity index (χ3n) is 4.50. The van der Waals surface area contributed by atoms with Crippen LogP contribution >= 0.6 is 0 Å². The SMILES string of the molecule is CCOc1ccc(N(CC(=O)NN=Cc2ccc(C#N)cc2)S(=O)(=O)c2ccccc2)cc1. The molecular weight excluding hydrogens is 440 g/mol. The molecule has 0 aliphatic heterocycles. The zero-order chi connectivity index (χ0) is 23.7. The predicted molar refractivity (Wildman–Crippen MR) is 125 cm³/mol. The molecular formula is C24H22N4O4S. The number of ether oxygens (including phenoxy) is 1. The minimum atomic E-state index is -4.01. The van der Waals surface area contributed by atoms with Crippen LogP contribution in [0.4, 0.5) is 5.69 Å². The Labute approximate surface area is 192 Å². The monoisotopic (exact) mass is 462 g/mol. The highest BCUT2D eigenvalue weighted by Crippen LogP contribution is 2.25. The molecule has 0 saturated carbocycles. The lowest BCUT2D eigenvalue weighted by molar-refractivity contribution is -0.119. The van der Waals surface area contributed by atoms with Gasteiger partial charge in [-0.3, -0.25) is 9.10 Å². The van der Waals surface area contributed by atoms with Crippen LogP contribution in [0.5, 0.6) is 5.75 Å². The number of hydrogen-bond acceptors (Lipinski definition) is 6. The fourth-order valence-corrected chi connectivity index (χ4v) is 4.34. The number of carbonyl (C=O) groups is 1. The average molecular weight is 463 g/mol. The summed E-state index contributed by atoms with van der Waals surface area (Å²) in [4.78, 5) is 12.6. The van der Waals surface area contributed by atoms with E-state index in [0.717, 1.165) is 4.31 Å². The lowest BCUT2D eigenvalue weighted by Crippen LogP contribution is -2.39. The van der Waals surface area contributed by atoms with Crippen LogP contribution in [0, 0.1) is 11.3 Å². The first-order valence-electron chi connectivity index (χ1n) is 10.1. The summed E-state index contributed by atoms with van der Waals surface area (Å²) in [6.07, 6.45) is 1.41. The van der Waals surface area contributed by atoms with E-state index in [1.165, 1.54) is 18.3 Å². The second kappa shape index (κ2) is 10.9. The summed E-state index contributed by atoms with van der Waals surface area (Å²) in [7, 11) is -4.01. The van der Waals surface area contributed by atoms with Crippen molar-refractivity contribution in [3.63, 3.8) is 0 Å². The zero-order valence-electron chi connectivity index (χ0n) is 17.9. The fraction of sp³-hybridized carbons (Fsp3) is 0.125. The number of carbonyl (C=O) groups excluding carboxylic acids is 1. The van der Waals surface area contributed by atoms with Crippen molar-refractivity contribution in [3.8, 4) is 11.8 Å². The summed E-state index contributed by atoms with van der Waals surface area (Å²) in [6, 6.07) is 23.0. The van der Waals surface area contributed by atoms with E-state index in [0.29, 0.717) is 29.2 Å². The molecule has 3 aromatic carbocycles. The smallest absolute Gasteiger partial charge is 0.264 e. The van der Waals surface area contributed by atoms with Gasteiger partial charge in [-0.1, -0.05) is 30.3 Å². The Morgan fingerprint density at radius 2 is 1.73 bits per heavy atom. The number of nitrogens with zero attached hydrogens (tertiary/aromatic N) is 3. The maximum absolute atomic E-state index is 13.3. The van der Waals surface area contributed by atoms with Gasteiger partial charge in [0.05, 0.1) is 35.0 Å². The number of hydrazone groups is 1. The largest absolute Gasteiger partial charge is 0.494 e. The predicted octanol–water partition coefficient (Wildman–Crippen LogP) is 3.30. The molecule has 0 bridgehead atoms. The summed E-state index contributed by atoms with van der Waals surface area (Å²) < 4.78 is 33.0. The molecule has 0 heterocycles.